The van der Waals surface area contributed by atoms with Gasteiger partial charge in [-0.1, -0.05) is 27.7 Å². The Kier molecular flexibility index (Phi) is 8.28. The number of carboxylic acid groups (broad SMARTS) is 1. The molecule has 1 unspecified atom stereocenters. The molecule has 1 aliphatic heterocycles. The van der Waals surface area contributed by atoms with Crippen LogP contribution in [-0.2, 0) is 9.53 Å². The van der Waals surface area contributed by atoms with E-state index < -0.39 is 23.6 Å². The lowest BCUT2D eigenvalue weighted by Crippen LogP contribution is -2.39. The number of halogens is 1. The van der Waals surface area contributed by atoms with Crippen LogP contribution in [0.15, 0.2) is 18.3 Å². The normalized spacial score (nSPS) is 16.8. The van der Waals surface area contributed by atoms with Crippen molar-refractivity contribution in [2.75, 3.05) is 24.6 Å². The summed E-state index contributed by atoms with van der Waals surface area (Å²) in [6.07, 6.45) is 2.20. The minimum absolute atomic E-state index is 0.176. The van der Waals surface area contributed by atoms with Gasteiger partial charge in [-0.3, -0.25) is 4.98 Å². The molecule has 1 fully saturated rings. The monoisotopic (exact) mass is 501 g/mol. The number of carboxylic acids is 1. The summed E-state index contributed by atoms with van der Waals surface area (Å²) in [5.74, 6) is -1.30. The number of ether oxygens (including phenoxy) is 2. The lowest BCUT2D eigenvalue weighted by Gasteiger charge is -2.40. The molecule has 3 rings (SSSR count). The van der Waals surface area contributed by atoms with Crippen molar-refractivity contribution in [3.05, 3.63) is 35.5 Å². The second-order valence-corrected chi connectivity index (χ2v) is 11.8. The quantitative estimate of drug-likeness (QED) is 0.432. The first kappa shape index (κ1) is 27.8. The van der Waals surface area contributed by atoms with Crippen molar-refractivity contribution in [2.24, 2.45) is 11.3 Å². The second kappa shape index (κ2) is 10.7. The number of aryl methyl sites for hydroxylation is 1. The number of aromatic nitrogens is 2. The highest BCUT2D eigenvalue weighted by Crippen LogP contribution is 2.44. The molecule has 2 aromatic rings. The van der Waals surface area contributed by atoms with E-state index in [0.29, 0.717) is 42.2 Å². The van der Waals surface area contributed by atoms with Gasteiger partial charge in [0.1, 0.15) is 0 Å². The van der Waals surface area contributed by atoms with Crippen LogP contribution in [0.5, 0.6) is 5.88 Å². The molecule has 1 N–H and O–H groups in total. The third-order valence-corrected chi connectivity index (χ3v) is 6.36. The Balaban J connectivity index is 2.19. The van der Waals surface area contributed by atoms with Gasteiger partial charge in [0.25, 0.3) is 0 Å². The first-order valence-corrected chi connectivity index (χ1v) is 12.6. The lowest BCUT2D eigenvalue weighted by atomic mass is 9.82. The number of rotatable bonds is 8. The number of anilines is 1. The van der Waals surface area contributed by atoms with Crippen LogP contribution in [0.25, 0.3) is 11.1 Å². The van der Waals surface area contributed by atoms with Gasteiger partial charge in [-0.25, -0.2) is 4.79 Å². The molecule has 8 heteroatoms. The smallest absolute Gasteiger partial charge is 0.337 e. The zero-order valence-electron chi connectivity index (χ0n) is 22.8. The molecule has 0 aliphatic carbocycles. The van der Waals surface area contributed by atoms with E-state index >= 15 is 4.39 Å². The van der Waals surface area contributed by atoms with E-state index in [1.54, 1.807) is 25.3 Å². The highest BCUT2D eigenvalue weighted by atomic mass is 19.1. The van der Waals surface area contributed by atoms with Crippen LogP contribution in [0.3, 0.4) is 0 Å². The van der Waals surface area contributed by atoms with Crippen molar-refractivity contribution in [1.82, 2.24) is 9.97 Å². The van der Waals surface area contributed by atoms with E-state index in [1.807, 2.05) is 34.6 Å². The molecule has 3 heterocycles. The summed E-state index contributed by atoms with van der Waals surface area (Å²) in [5, 5.41) is 10.2. The Bertz CT molecular complexity index is 1080. The molecule has 36 heavy (non-hydrogen) atoms. The maximum Gasteiger partial charge on any atom is 0.337 e. The average molecular weight is 502 g/mol. The number of nitrogens with zero attached hydrogens (tertiary/aromatic N) is 3. The van der Waals surface area contributed by atoms with Crippen molar-refractivity contribution in [1.29, 1.82) is 0 Å². The van der Waals surface area contributed by atoms with Crippen LogP contribution < -0.4 is 9.64 Å². The lowest BCUT2D eigenvalue weighted by molar-refractivity contribution is -0.160. The van der Waals surface area contributed by atoms with E-state index in [4.69, 9.17) is 9.47 Å². The Morgan fingerprint density at radius 3 is 2.36 bits per heavy atom. The van der Waals surface area contributed by atoms with Gasteiger partial charge in [0.2, 0.25) is 11.8 Å². The largest absolute Gasteiger partial charge is 0.479 e. The highest BCUT2D eigenvalue weighted by Gasteiger charge is 2.36. The minimum atomic E-state index is -1.26. The molecule has 0 radical (unpaired) electrons. The molecule has 1 aliphatic rings. The van der Waals surface area contributed by atoms with Crippen LogP contribution in [0.4, 0.5) is 10.1 Å². The summed E-state index contributed by atoms with van der Waals surface area (Å²) >= 11 is 0. The van der Waals surface area contributed by atoms with E-state index in [0.717, 1.165) is 12.8 Å². The number of hydrogen-bond acceptors (Lipinski definition) is 6. The van der Waals surface area contributed by atoms with Crippen LogP contribution in [0.2, 0.25) is 0 Å². The summed E-state index contributed by atoms with van der Waals surface area (Å²) in [7, 11) is 0. The number of carbonyl (C=O) groups is 1. The molecule has 0 aromatic carbocycles. The Morgan fingerprint density at radius 2 is 1.83 bits per heavy atom. The van der Waals surface area contributed by atoms with Gasteiger partial charge in [-0.15, -0.1) is 0 Å². The summed E-state index contributed by atoms with van der Waals surface area (Å²) in [6.45, 7) is 17.6. The van der Waals surface area contributed by atoms with Gasteiger partial charge in [0.05, 0.1) is 17.9 Å². The Morgan fingerprint density at radius 1 is 1.19 bits per heavy atom. The fourth-order valence-corrected chi connectivity index (χ4v) is 4.33. The maximum absolute atomic E-state index is 15.4. The van der Waals surface area contributed by atoms with Crippen molar-refractivity contribution in [3.8, 4) is 17.0 Å². The van der Waals surface area contributed by atoms with Crippen LogP contribution >= 0.6 is 0 Å². The summed E-state index contributed by atoms with van der Waals surface area (Å²) in [6, 6.07) is 3.27. The molecule has 0 amide bonds. The van der Waals surface area contributed by atoms with Gasteiger partial charge >= 0.3 is 5.97 Å². The van der Waals surface area contributed by atoms with Crippen molar-refractivity contribution >= 4 is 11.7 Å². The molecule has 0 saturated carbocycles. The number of pyridine rings is 2. The first-order valence-electron chi connectivity index (χ1n) is 12.6. The van der Waals surface area contributed by atoms with Crippen LogP contribution in [0.1, 0.15) is 78.7 Å². The van der Waals surface area contributed by atoms with Crippen molar-refractivity contribution < 1.29 is 23.8 Å². The zero-order valence-corrected chi connectivity index (χ0v) is 22.8. The molecule has 0 spiro atoms. The summed E-state index contributed by atoms with van der Waals surface area (Å²) in [5.41, 5.74) is 1.85. The average Bonchev–Trinajstić information content (AvgIpc) is 2.76. The van der Waals surface area contributed by atoms with Gasteiger partial charge in [0.15, 0.2) is 6.10 Å². The van der Waals surface area contributed by atoms with E-state index in [-0.39, 0.29) is 22.8 Å². The molecule has 1 saturated heterocycles. The molecule has 2 aromatic heterocycles. The third-order valence-electron chi connectivity index (χ3n) is 6.36. The van der Waals surface area contributed by atoms with Gasteiger partial charge in [0, 0.05) is 47.7 Å². The van der Waals surface area contributed by atoms with Crippen molar-refractivity contribution in [2.45, 2.75) is 79.9 Å². The van der Waals surface area contributed by atoms with Crippen LogP contribution in [-0.4, -0.2) is 46.3 Å². The van der Waals surface area contributed by atoms with Crippen molar-refractivity contribution in [3.63, 3.8) is 0 Å². The van der Waals surface area contributed by atoms with Crippen LogP contribution in [0, 0.1) is 24.2 Å². The highest BCUT2D eigenvalue weighted by molar-refractivity contribution is 5.86. The fraction of sp³-hybridized carbons (Fsp3) is 0.607. The Labute approximate surface area is 214 Å². The molecular weight excluding hydrogens is 461 g/mol. The van der Waals surface area contributed by atoms with E-state index in [2.05, 4.69) is 28.7 Å². The molecule has 1 atom stereocenters. The van der Waals surface area contributed by atoms with Gasteiger partial charge in [-0.05, 0) is 57.9 Å². The number of piperidine rings is 1. The zero-order chi connectivity index (χ0) is 26.8. The predicted octanol–water partition coefficient (Wildman–Crippen LogP) is 6.19. The summed E-state index contributed by atoms with van der Waals surface area (Å²) < 4.78 is 27.0. The topological polar surface area (TPSA) is 84.8 Å². The number of hydrogen-bond donors (Lipinski definition) is 1. The standard InChI is InChI=1S/C28H40FN3O4/c1-17(2)16-35-21-10-9-19(25(29)31-21)20-15-30-18(3)22(24(26(33)34)36-27(4,5)6)23(20)32-13-11-28(7,8)12-14-32/h9-10,15,17,24H,11-14,16H2,1-8H3,(H,33,34). The number of aliphatic carboxylic acids is 1. The predicted molar refractivity (Wildman–Crippen MR) is 139 cm³/mol. The van der Waals surface area contributed by atoms with Gasteiger partial charge < -0.3 is 19.5 Å². The fourth-order valence-electron chi connectivity index (χ4n) is 4.33. The Hall–Kier alpha value is -2.74. The third kappa shape index (κ3) is 6.72. The maximum atomic E-state index is 15.4. The molecule has 198 valence electrons. The molecular formula is C28H40FN3O4. The van der Waals surface area contributed by atoms with Gasteiger partial charge in [-0.2, -0.15) is 9.37 Å². The van der Waals surface area contributed by atoms with E-state index in [1.165, 1.54) is 0 Å². The van der Waals surface area contributed by atoms with E-state index in [9.17, 15) is 9.90 Å². The minimum Gasteiger partial charge on any atom is -0.479 e. The SMILES string of the molecule is Cc1ncc(-c2ccc(OCC(C)C)nc2F)c(N2CCC(C)(C)CC2)c1C(OC(C)(C)C)C(=O)O. The first-order chi connectivity index (χ1) is 16.7. The molecule has 7 nitrogen and oxygen atoms in total. The second-order valence-electron chi connectivity index (χ2n) is 11.8. The summed E-state index contributed by atoms with van der Waals surface area (Å²) in [4.78, 5) is 23.2. The molecule has 0 bridgehead atoms.